The lowest BCUT2D eigenvalue weighted by atomic mass is 10.1. The molecule has 0 aliphatic carbocycles. The molecular formula is C88H66ClFN20O8. The van der Waals surface area contributed by atoms with Gasteiger partial charge in [-0.25, -0.2) is 42.4 Å². The highest BCUT2D eigenvalue weighted by atomic mass is 35.5. The van der Waals surface area contributed by atoms with Crippen molar-refractivity contribution >= 4 is 80.6 Å². The van der Waals surface area contributed by atoms with Gasteiger partial charge in [0.2, 0.25) is 44.3 Å². The van der Waals surface area contributed by atoms with Crippen LogP contribution in [-0.2, 0) is 0 Å². The van der Waals surface area contributed by atoms with Crippen molar-refractivity contribution in [1.29, 1.82) is 21.0 Å². The molecule has 8 aromatic heterocycles. The van der Waals surface area contributed by atoms with Gasteiger partial charge in [-0.3, -0.25) is 58.8 Å². The highest BCUT2D eigenvalue weighted by molar-refractivity contribution is 6.31. The van der Waals surface area contributed by atoms with Crippen LogP contribution < -0.4 is 43.0 Å². The molecule has 0 fully saturated rings. The van der Waals surface area contributed by atoms with Gasteiger partial charge in [0.05, 0.1) is 90.6 Å². The van der Waals surface area contributed by atoms with Gasteiger partial charge in [0, 0.05) is 50.1 Å². The Morgan fingerprint density at radius 2 is 0.568 bits per heavy atom. The van der Waals surface area contributed by atoms with Crippen LogP contribution in [0.2, 0.25) is 5.02 Å². The zero-order valence-electron chi connectivity index (χ0n) is 64.0. The molecule has 0 radical (unpaired) electrons. The largest absolute Gasteiger partial charge is 0.321 e. The molecule has 30 heteroatoms. The number of aromatic amines is 4. The van der Waals surface area contributed by atoms with E-state index in [0.29, 0.717) is 73.1 Å². The number of benzene rings is 8. The molecule has 8 aromatic carbocycles. The monoisotopic (exact) mass is 1580 g/mol. The molecule has 0 aliphatic heterocycles. The topological polar surface area (TPSA) is 412 Å². The van der Waals surface area contributed by atoms with Crippen LogP contribution in [-0.4, -0.2) is 82.0 Å². The summed E-state index contributed by atoms with van der Waals surface area (Å²) in [7, 11) is 0. The molecule has 28 nitrogen and oxygen atoms in total. The van der Waals surface area contributed by atoms with Gasteiger partial charge >= 0.3 is 0 Å². The third-order valence-electron chi connectivity index (χ3n) is 18.9. The Kier molecular flexibility index (Phi) is 22.8. The van der Waals surface area contributed by atoms with E-state index in [-0.39, 0.29) is 67.3 Å². The first-order valence-electron chi connectivity index (χ1n) is 36.2. The number of hydrogen-bond acceptors (Lipinski definition) is 16. The summed E-state index contributed by atoms with van der Waals surface area (Å²) in [6.45, 7) is 13.8. The van der Waals surface area contributed by atoms with Crippen LogP contribution in [0, 0.1) is 107 Å². The van der Waals surface area contributed by atoms with E-state index >= 15 is 0 Å². The van der Waals surface area contributed by atoms with E-state index in [9.17, 15) is 63.8 Å². The van der Waals surface area contributed by atoms with Crippen molar-refractivity contribution in [2.45, 2.75) is 55.4 Å². The van der Waals surface area contributed by atoms with Gasteiger partial charge in [-0.1, -0.05) is 157 Å². The van der Waals surface area contributed by atoms with Gasteiger partial charge in [-0.15, -0.1) is 0 Å². The van der Waals surface area contributed by atoms with E-state index in [1.807, 2.05) is 166 Å². The van der Waals surface area contributed by atoms with Gasteiger partial charge in [-0.2, -0.15) is 21.0 Å². The first kappa shape index (κ1) is 79.6. The third kappa shape index (κ3) is 15.8. The predicted molar refractivity (Wildman–Crippen MR) is 444 cm³/mol. The molecule has 16 aromatic rings. The standard InChI is InChI=1S/C22H16ClN5O2.C22H16FN5O2.2C22H17N5O2/c2*1-12-18(22(30)26-17-10-16(23)9-8-15(17)11-24)20(29)21-25-13(2)19(28(21)27-12)14-6-4-3-5-7-14;2*1-13-18(22(29)25-17-11-7-6-10-16(17)12-23)20(28)21-24-14(2)19(27(21)26-13)15-8-4-3-5-9-15/h2*3-10,27H,1-2H3,(H,26,30);2*3-11,26H,1-2H3,(H,25,29). The molecule has 0 unspecified atom stereocenters. The van der Waals surface area contributed by atoms with Gasteiger partial charge < -0.3 is 21.3 Å². The number of halogens is 2. The molecule has 0 bridgehead atoms. The molecule has 118 heavy (non-hydrogen) atoms. The number of carbonyl (C=O) groups is 4. The number of nitriles is 4. The molecule has 0 aliphatic rings. The maximum Gasteiger partial charge on any atom is 0.261 e. The van der Waals surface area contributed by atoms with E-state index < -0.39 is 51.2 Å². The molecular weight excluding hydrogens is 1520 g/mol. The number of H-pyrrole nitrogens is 4. The van der Waals surface area contributed by atoms with E-state index in [2.05, 4.69) is 61.6 Å². The Bertz CT molecular complexity index is 6770. The molecule has 8 heterocycles. The number of nitrogens with one attached hydrogen (secondary N) is 8. The number of anilines is 4. The second-order valence-electron chi connectivity index (χ2n) is 26.8. The minimum Gasteiger partial charge on any atom is -0.321 e. The average molecular weight is 1590 g/mol. The fraction of sp³-hybridized carbons (Fsp3) is 0.0909. The highest BCUT2D eigenvalue weighted by Crippen LogP contribution is 2.30. The number of fused-ring (bicyclic) bond motifs is 4. The van der Waals surface area contributed by atoms with Crippen molar-refractivity contribution in [2.75, 3.05) is 21.3 Å². The third-order valence-corrected chi connectivity index (χ3v) is 19.2. The van der Waals surface area contributed by atoms with Crippen LogP contribution in [0.5, 0.6) is 0 Å². The van der Waals surface area contributed by atoms with Gasteiger partial charge in [0.15, 0.2) is 0 Å². The summed E-state index contributed by atoms with van der Waals surface area (Å²) in [6.07, 6.45) is 0. The number of nitrogens with zero attached hydrogens (tertiary/aromatic N) is 12. The van der Waals surface area contributed by atoms with Gasteiger partial charge in [0.1, 0.15) is 52.3 Å². The minimum atomic E-state index is -0.750. The summed E-state index contributed by atoms with van der Waals surface area (Å²) in [5, 5.41) is 60.0. The normalized spacial score (nSPS) is 10.7. The van der Waals surface area contributed by atoms with Crippen molar-refractivity contribution in [3.8, 4) is 69.3 Å². The molecule has 0 spiro atoms. The Balaban J connectivity index is 0.000000136. The van der Waals surface area contributed by atoms with Crippen LogP contribution in [0.25, 0.3) is 67.6 Å². The van der Waals surface area contributed by atoms with Crippen LogP contribution >= 0.6 is 11.6 Å². The maximum absolute atomic E-state index is 13.6. The quantitative estimate of drug-likeness (QED) is 0.0563. The molecule has 0 saturated heterocycles. The Morgan fingerprint density at radius 1 is 0.331 bits per heavy atom. The number of amides is 4. The Morgan fingerprint density at radius 3 is 0.847 bits per heavy atom. The SMILES string of the molecule is Cc1nc2c(=O)c(C(=O)Nc3cc(Cl)ccc3C#N)c(C)[nH]n2c1-c1ccccc1.Cc1nc2c(=O)c(C(=O)Nc3cc(F)ccc3C#N)c(C)[nH]n2c1-c1ccccc1.Cc1nc2c(=O)c(C(=O)Nc3ccccc3C#N)c(C)[nH]n2c1-c1ccccc1.Cc1nc2c(=O)c(C(=O)Nc3ccccc3C#N)c(C)[nH]n2c1-c1ccccc1. The smallest absolute Gasteiger partial charge is 0.261 e. The molecule has 580 valence electrons. The first-order chi connectivity index (χ1) is 56.8. The number of carbonyl (C=O) groups excluding carboxylic acids is 4. The second kappa shape index (κ2) is 33.8. The van der Waals surface area contributed by atoms with Crippen molar-refractivity contribution in [3.05, 3.63) is 348 Å². The van der Waals surface area contributed by atoms with E-state index in [1.54, 1.807) is 107 Å². The summed E-state index contributed by atoms with van der Waals surface area (Å²) in [5.74, 6) is -3.18. The summed E-state index contributed by atoms with van der Waals surface area (Å²) in [5.41, 5.74) is 10.8. The number of aryl methyl sites for hydroxylation is 8. The van der Waals surface area contributed by atoms with Crippen LogP contribution in [0.3, 0.4) is 0 Å². The molecule has 8 N–H and O–H groups in total. The van der Waals surface area contributed by atoms with Gasteiger partial charge in [0.25, 0.3) is 23.6 Å². The average Bonchev–Trinajstić information content (AvgIpc) is 1.47. The molecule has 0 saturated carbocycles. The lowest BCUT2D eigenvalue weighted by Crippen LogP contribution is -2.26. The predicted octanol–water partition coefficient (Wildman–Crippen LogP) is 14.5. The molecule has 16 rings (SSSR count). The zero-order chi connectivity index (χ0) is 83.9. The first-order valence-corrected chi connectivity index (χ1v) is 36.5. The summed E-state index contributed by atoms with van der Waals surface area (Å²) >= 11 is 5.98. The van der Waals surface area contributed by atoms with E-state index in [0.717, 1.165) is 57.2 Å². The number of imidazole rings is 4. The van der Waals surface area contributed by atoms with Crippen molar-refractivity contribution in [1.82, 2.24) is 58.4 Å². The lowest BCUT2D eigenvalue weighted by molar-refractivity contribution is 0.101. The fourth-order valence-corrected chi connectivity index (χ4v) is 13.7. The van der Waals surface area contributed by atoms with Crippen LogP contribution in [0.1, 0.15) is 109 Å². The highest BCUT2D eigenvalue weighted by Gasteiger charge is 2.28. The van der Waals surface area contributed by atoms with Crippen molar-refractivity contribution in [3.63, 3.8) is 0 Å². The van der Waals surface area contributed by atoms with E-state index in [1.165, 1.54) is 18.2 Å². The summed E-state index contributed by atoms with van der Waals surface area (Å²) < 4.78 is 20.0. The van der Waals surface area contributed by atoms with Crippen molar-refractivity contribution < 1.29 is 23.6 Å². The van der Waals surface area contributed by atoms with Crippen molar-refractivity contribution in [2.24, 2.45) is 0 Å². The minimum absolute atomic E-state index is 0.00864. The van der Waals surface area contributed by atoms with Crippen LogP contribution in [0.4, 0.5) is 27.1 Å². The van der Waals surface area contributed by atoms with E-state index in [4.69, 9.17) is 11.6 Å². The van der Waals surface area contributed by atoms with Gasteiger partial charge in [-0.05, 0) is 116 Å². The Labute approximate surface area is 674 Å². The van der Waals surface area contributed by atoms with Crippen LogP contribution in [0.15, 0.2) is 225 Å². The Hall–Kier alpha value is -16.5. The zero-order valence-corrected chi connectivity index (χ0v) is 64.8. The number of hydrogen-bond donors (Lipinski definition) is 8. The lowest BCUT2D eigenvalue weighted by Gasteiger charge is -2.11. The molecule has 4 amide bonds. The summed E-state index contributed by atoms with van der Waals surface area (Å²) in [6, 6.07) is 67.3. The number of aromatic nitrogens is 12. The second-order valence-corrected chi connectivity index (χ2v) is 27.2. The summed E-state index contributed by atoms with van der Waals surface area (Å²) in [4.78, 5) is 121. The maximum atomic E-state index is 13.6. The number of para-hydroxylation sites is 2. The molecule has 0 atom stereocenters. The number of rotatable bonds is 12. The fourth-order valence-electron chi connectivity index (χ4n) is 13.6.